The third-order valence-corrected chi connectivity index (χ3v) is 5.24. The van der Waals surface area contributed by atoms with Crippen LogP contribution in [0.25, 0.3) is 0 Å². The van der Waals surface area contributed by atoms with Crippen LogP contribution < -0.4 is 4.74 Å². The molecule has 0 bridgehead atoms. The number of amides is 1. The summed E-state index contributed by atoms with van der Waals surface area (Å²) in [5.74, 6) is 0.562. The Morgan fingerprint density at radius 2 is 1.72 bits per heavy atom. The first-order valence-corrected chi connectivity index (χ1v) is 10.7. The highest BCUT2D eigenvalue weighted by molar-refractivity contribution is 5.97. The number of unbranched alkanes of at least 4 members (excludes halogenated alkanes) is 2. The summed E-state index contributed by atoms with van der Waals surface area (Å²) >= 11 is 0. The lowest BCUT2D eigenvalue weighted by molar-refractivity contribution is -0.152. The average molecular weight is 404 g/mol. The molecule has 0 unspecified atom stereocenters. The summed E-state index contributed by atoms with van der Waals surface area (Å²) in [6.07, 6.45) is 5.29. The number of rotatable bonds is 11. The van der Waals surface area contributed by atoms with Crippen molar-refractivity contribution in [1.29, 1.82) is 0 Å². The van der Waals surface area contributed by atoms with Crippen LogP contribution in [0, 0.1) is 5.92 Å². The van der Waals surface area contributed by atoms with Gasteiger partial charge in [-0.05, 0) is 49.4 Å². The van der Waals surface area contributed by atoms with Crippen molar-refractivity contribution in [3.8, 4) is 5.75 Å². The normalized spacial score (nSPS) is 14.5. The Morgan fingerprint density at radius 3 is 2.38 bits per heavy atom. The van der Waals surface area contributed by atoms with Gasteiger partial charge in [-0.2, -0.15) is 0 Å². The first kappa shape index (κ1) is 22.9. The molecule has 6 nitrogen and oxygen atoms in total. The molecule has 0 radical (unpaired) electrons. The first-order valence-electron chi connectivity index (χ1n) is 10.7. The van der Waals surface area contributed by atoms with Gasteiger partial charge in [0.15, 0.2) is 12.4 Å². The van der Waals surface area contributed by atoms with E-state index in [1.54, 1.807) is 29.2 Å². The van der Waals surface area contributed by atoms with Crippen LogP contribution in [0.5, 0.6) is 5.75 Å². The number of Topliss-reactive ketones (excluding diaryl/α,β-unsaturated/α-hetero) is 1. The Hall–Kier alpha value is -2.37. The van der Waals surface area contributed by atoms with Crippen LogP contribution >= 0.6 is 0 Å². The van der Waals surface area contributed by atoms with Crippen LogP contribution in [0.4, 0.5) is 0 Å². The number of carbonyl (C=O) groups is 3. The summed E-state index contributed by atoms with van der Waals surface area (Å²) in [7, 11) is 0. The second-order valence-corrected chi connectivity index (χ2v) is 7.73. The Morgan fingerprint density at radius 1 is 1.03 bits per heavy atom. The standard InChI is InChI=1S/C23H33NO5/c1-3-4-5-16-28-20-8-6-19(7-9-20)21(25)10-11-23(27)29-17-22(26)24-14-12-18(2)13-15-24/h6-9,18H,3-5,10-17H2,1-2H3. The smallest absolute Gasteiger partial charge is 0.306 e. The number of hydrogen-bond donors (Lipinski definition) is 0. The van der Waals surface area contributed by atoms with Crippen LogP contribution in [-0.4, -0.2) is 48.9 Å². The van der Waals surface area contributed by atoms with E-state index in [4.69, 9.17) is 9.47 Å². The zero-order chi connectivity index (χ0) is 21.1. The lowest BCUT2D eigenvalue weighted by Gasteiger charge is -2.30. The number of nitrogens with zero attached hydrogens (tertiary/aromatic N) is 1. The fourth-order valence-electron chi connectivity index (χ4n) is 3.20. The van der Waals surface area contributed by atoms with E-state index in [1.165, 1.54) is 0 Å². The van der Waals surface area contributed by atoms with Gasteiger partial charge in [0.05, 0.1) is 13.0 Å². The Kier molecular flexibility index (Phi) is 9.68. The molecule has 0 N–H and O–H groups in total. The molecular formula is C23H33NO5. The molecule has 0 atom stereocenters. The average Bonchev–Trinajstić information content (AvgIpc) is 2.74. The number of hydrogen-bond acceptors (Lipinski definition) is 5. The van der Waals surface area contributed by atoms with Crippen molar-refractivity contribution in [2.75, 3.05) is 26.3 Å². The van der Waals surface area contributed by atoms with Crippen molar-refractivity contribution >= 4 is 17.7 Å². The van der Waals surface area contributed by atoms with Crippen molar-refractivity contribution in [3.05, 3.63) is 29.8 Å². The van der Waals surface area contributed by atoms with E-state index in [1.807, 2.05) is 0 Å². The molecule has 1 fully saturated rings. The van der Waals surface area contributed by atoms with Crippen LogP contribution in [0.3, 0.4) is 0 Å². The van der Waals surface area contributed by atoms with E-state index in [0.717, 1.165) is 37.9 Å². The Balaban J connectivity index is 1.66. The summed E-state index contributed by atoms with van der Waals surface area (Å²) < 4.78 is 10.7. The molecule has 0 aromatic heterocycles. The molecule has 1 aliphatic heterocycles. The van der Waals surface area contributed by atoms with Gasteiger partial charge in [0.25, 0.3) is 5.91 Å². The molecule has 1 aromatic rings. The third kappa shape index (κ3) is 8.26. The maximum Gasteiger partial charge on any atom is 0.306 e. The van der Waals surface area contributed by atoms with Crippen molar-refractivity contribution in [2.45, 2.75) is 58.8 Å². The van der Waals surface area contributed by atoms with Crippen LogP contribution in [0.2, 0.25) is 0 Å². The topological polar surface area (TPSA) is 72.9 Å². The zero-order valence-electron chi connectivity index (χ0n) is 17.7. The van der Waals surface area contributed by atoms with Crippen LogP contribution in [-0.2, 0) is 14.3 Å². The van der Waals surface area contributed by atoms with E-state index in [-0.39, 0.29) is 31.1 Å². The largest absolute Gasteiger partial charge is 0.494 e. The summed E-state index contributed by atoms with van der Waals surface area (Å²) in [6, 6.07) is 6.97. The van der Waals surface area contributed by atoms with Crippen molar-refractivity contribution in [3.63, 3.8) is 0 Å². The number of ether oxygens (including phenoxy) is 2. The highest BCUT2D eigenvalue weighted by Crippen LogP contribution is 2.17. The molecule has 0 aliphatic carbocycles. The van der Waals surface area contributed by atoms with Gasteiger partial charge in [0, 0.05) is 25.1 Å². The zero-order valence-corrected chi connectivity index (χ0v) is 17.7. The molecule has 1 aromatic carbocycles. The number of ketones is 1. The number of carbonyl (C=O) groups excluding carboxylic acids is 3. The molecule has 1 amide bonds. The first-order chi connectivity index (χ1) is 14.0. The summed E-state index contributed by atoms with van der Waals surface area (Å²) in [5, 5.41) is 0. The molecule has 1 saturated heterocycles. The lowest BCUT2D eigenvalue weighted by atomic mass is 9.99. The number of likely N-dealkylation sites (tertiary alicyclic amines) is 1. The maximum atomic E-state index is 12.3. The minimum Gasteiger partial charge on any atom is -0.494 e. The van der Waals surface area contributed by atoms with E-state index in [9.17, 15) is 14.4 Å². The van der Waals surface area contributed by atoms with Crippen molar-refractivity contribution in [1.82, 2.24) is 4.90 Å². The number of benzene rings is 1. The number of piperidine rings is 1. The second kappa shape index (κ2) is 12.2. The van der Waals surface area contributed by atoms with E-state index >= 15 is 0 Å². The van der Waals surface area contributed by atoms with E-state index in [2.05, 4.69) is 13.8 Å². The molecule has 1 heterocycles. The van der Waals surface area contributed by atoms with Gasteiger partial charge in [-0.25, -0.2) is 0 Å². The fraction of sp³-hybridized carbons (Fsp3) is 0.609. The van der Waals surface area contributed by atoms with Crippen LogP contribution in [0.1, 0.15) is 69.2 Å². The monoisotopic (exact) mass is 403 g/mol. The van der Waals surface area contributed by atoms with Gasteiger partial charge < -0.3 is 14.4 Å². The Bertz CT molecular complexity index is 662. The second-order valence-electron chi connectivity index (χ2n) is 7.73. The van der Waals surface area contributed by atoms with Gasteiger partial charge in [0.1, 0.15) is 5.75 Å². The quantitative estimate of drug-likeness (QED) is 0.317. The predicted molar refractivity (Wildman–Crippen MR) is 111 cm³/mol. The SMILES string of the molecule is CCCCCOc1ccc(C(=O)CCC(=O)OCC(=O)N2CCC(C)CC2)cc1. The molecule has 160 valence electrons. The van der Waals surface area contributed by atoms with Gasteiger partial charge in [-0.3, -0.25) is 14.4 Å². The van der Waals surface area contributed by atoms with E-state index < -0.39 is 5.97 Å². The highest BCUT2D eigenvalue weighted by atomic mass is 16.5. The molecule has 6 heteroatoms. The van der Waals surface area contributed by atoms with Crippen molar-refractivity contribution in [2.24, 2.45) is 5.92 Å². The van der Waals surface area contributed by atoms with Crippen molar-refractivity contribution < 1.29 is 23.9 Å². The lowest BCUT2D eigenvalue weighted by Crippen LogP contribution is -2.40. The summed E-state index contributed by atoms with van der Waals surface area (Å²) in [5.41, 5.74) is 0.539. The molecular weight excluding hydrogens is 370 g/mol. The van der Waals surface area contributed by atoms with Gasteiger partial charge in [0.2, 0.25) is 0 Å². The number of esters is 1. The van der Waals surface area contributed by atoms with Gasteiger partial charge in [-0.15, -0.1) is 0 Å². The van der Waals surface area contributed by atoms with Gasteiger partial charge >= 0.3 is 5.97 Å². The molecule has 29 heavy (non-hydrogen) atoms. The Labute approximate surface area is 173 Å². The fourth-order valence-corrected chi connectivity index (χ4v) is 3.20. The maximum absolute atomic E-state index is 12.3. The molecule has 0 saturated carbocycles. The van der Waals surface area contributed by atoms with E-state index in [0.29, 0.717) is 31.2 Å². The van der Waals surface area contributed by atoms with Gasteiger partial charge in [-0.1, -0.05) is 26.7 Å². The third-order valence-electron chi connectivity index (χ3n) is 5.24. The summed E-state index contributed by atoms with van der Waals surface area (Å²) in [4.78, 5) is 38.0. The minimum atomic E-state index is -0.520. The molecule has 2 rings (SSSR count). The highest BCUT2D eigenvalue weighted by Gasteiger charge is 2.21. The minimum absolute atomic E-state index is 0.0293. The predicted octanol–water partition coefficient (Wildman–Crippen LogP) is 4.02. The molecule has 1 aliphatic rings. The van der Waals surface area contributed by atoms with Crippen LogP contribution in [0.15, 0.2) is 24.3 Å². The summed E-state index contributed by atoms with van der Waals surface area (Å²) in [6.45, 7) is 6.17. The molecule has 0 spiro atoms.